The fraction of sp³-hybridized carbons (Fsp3) is 0.565. The molecule has 2 aliphatic rings. The van der Waals surface area contributed by atoms with Crippen molar-refractivity contribution in [2.24, 2.45) is 7.05 Å². The van der Waals surface area contributed by atoms with Crippen molar-refractivity contribution in [3.05, 3.63) is 46.2 Å². The van der Waals surface area contributed by atoms with Crippen LogP contribution in [0.5, 0.6) is 0 Å². The normalized spacial score (nSPS) is 19.8. The standard InChI is InChI=1S/C23H31ClN4O3S/c1-17-21(18(2)26(3)25-17)32(30,31)28-14-6-13-27(15-16-28)22(29)23(11-4-5-12-23)19-7-9-20(24)10-8-19/h7-10H,4-6,11-16H2,1-3H3. The van der Waals surface area contributed by atoms with Gasteiger partial charge in [-0.2, -0.15) is 9.40 Å². The molecule has 0 bridgehead atoms. The maximum Gasteiger partial charge on any atom is 0.246 e. The van der Waals surface area contributed by atoms with E-state index in [9.17, 15) is 13.2 Å². The van der Waals surface area contributed by atoms with Crippen LogP contribution in [-0.4, -0.2) is 59.5 Å². The Morgan fingerprint density at radius 1 is 1.00 bits per heavy atom. The van der Waals surface area contributed by atoms with Crippen LogP contribution in [0.3, 0.4) is 0 Å². The third-order valence-corrected chi connectivity index (χ3v) is 9.45. The van der Waals surface area contributed by atoms with Crippen molar-refractivity contribution in [3.8, 4) is 0 Å². The van der Waals surface area contributed by atoms with Crippen molar-refractivity contribution in [1.82, 2.24) is 19.0 Å². The molecule has 1 aromatic carbocycles. The third-order valence-electron chi connectivity index (χ3n) is 7.05. The zero-order valence-corrected chi connectivity index (χ0v) is 20.5. The Morgan fingerprint density at radius 3 is 2.25 bits per heavy atom. The van der Waals surface area contributed by atoms with Crippen LogP contribution in [0.1, 0.15) is 49.1 Å². The van der Waals surface area contributed by atoms with Gasteiger partial charge in [0.2, 0.25) is 15.9 Å². The van der Waals surface area contributed by atoms with Gasteiger partial charge in [0.05, 0.1) is 16.8 Å². The van der Waals surface area contributed by atoms with Gasteiger partial charge in [0, 0.05) is 38.2 Å². The van der Waals surface area contributed by atoms with Gasteiger partial charge in [-0.3, -0.25) is 9.48 Å². The van der Waals surface area contributed by atoms with Crippen LogP contribution in [0.2, 0.25) is 5.02 Å². The monoisotopic (exact) mass is 478 g/mol. The smallest absolute Gasteiger partial charge is 0.246 e. The topological polar surface area (TPSA) is 75.5 Å². The van der Waals surface area contributed by atoms with Crippen molar-refractivity contribution in [3.63, 3.8) is 0 Å². The Balaban J connectivity index is 1.56. The predicted octanol–water partition coefficient (Wildman–Crippen LogP) is 3.43. The lowest BCUT2D eigenvalue weighted by Gasteiger charge is -2.34. The highest BCUT2D eigenvalue weighted by atomic mass is 35.5. The summed E-state index contributed by atoms with van der Waals surface area (Å²) in [4.78, 5) is 16.0. The molecule has 2 fully saturated rings. The summed E-state index contributed by atoms with van der Waals surface area (Å²) in [6.45, 7) is 5.14. The van der Waals surface area contributed by atoms with E-state index in [0.29, 0.717) is 49.0 Å². The lowest BCUT2D eigenvalue weighted by atomic mass is 9.77. The summed E-state index contributed by atoms with van der Waals surface area (Å²) in [6.07, 6.45) is 4.28. The number of hydrogen-bond donors (Lipinski definition) is 0. The first-order valence-corrected chi connectivity index (χ1v) is 13.0. The molecule has 1 aromatic heterocycles. The van der Waals surface area contributed by atoms with Gasteiger partial charge in [-0.1, -0.05) is 36.6 Å². The van der Waals surface area contributed by atoms with Gasteiger partial charge in [-0.05, 0) is 50.8 Å². The molecule has 0 radical (unpaired) electrons. The van der Waals surface area contributed by atoms with Gasteiger partial charge in [-0.15, -0.1) is 0 Å². The van der Waals surface area contributed by atoms with E-state index in [1.54, 1.807) is 25.6 Å². The number of aryl methyl sites for hydroxylation is 2. The fourth-order valence-electron chi connectivity index (χ4n) is 5.27. The molecular formula is C23H31ClN4O3S. The minimum absolute atomic E-state index is 0.116. The summed E-state index contributed by atoms with van der Waals surface area (Å²) in [5.41, 5.74) is 1.62. The van der Waals surface area contributed by atoms with E-state index in [2.05, 4.69) is 5.10 Å². The van der Waals surface area contributed by atoms with Crippen LogP contribution >= 0.6 is 11.6 Å². The lowest BCUT2D eigenvalue weighted by molar-refractivity contribution is -0.137. The van der Waals surface area contributed by atoms with Crippen LogP contribution in [-0.2, 0) is 27.3 Å². The summed E-state index contributed by atoms with van der Waals surface area (Å²) in [5, 5.41) is 4.93. The number of sulfonamides is 1. The molecule has 174 valence electrons. The molecule has 7 nitrogen and oxygen atoms in total. The first kappa shape index (κ1) is 23.3. The van der Waals surface area contributed by atoms with E-state index in [4.69, 9.17) is 11.6 Å². The summed E-state index contributed by atoms with van der Waals surface area (Å²) in [7, 11) is -1.92. The minimum Gasteiger partial charge on any atom is -0.341 e. The van der Waals surface area contributed by atoms with Gasteiger partial charge in [0.15, 0.2) is 0 Å². The van der Waals surface area contributed by atoms with Crippen LogP contribution in [0.4, 0.5) is 0 Å². The van der Waals surface area contributed by atoms with Crippen molar-refractivity contribution < 1.29 is 13.2 Å². The summed E-state index contributed by atoms with van der Waals surface area (Å²) in [5.74, 6) is 0.116. The Hall–Kier alpha value is -1.90. The molecule has 9 heteroatoms. The van der Waals surface area contributed by atoms with Crippen LogP contribution < -0.4 is 0 Å². The molecular weight excluding hydrogens is 448 g/mol. The number of benzene rings is 1. The minimum atomic E-state index is -3.67. The number of halogens is 1. The SMILES string of the molecule is Cc1nn(C)c(C)c1S(=O)(=O)N1CCCN(C(=O)C2(c3ccc(Cl)cc3)CCCC2)CC1. The number of hydrogen-bond acceptors (Lipinski definition) is 4. The molecule has 1 saturated carbocycles. The molecule has 0 atom stereocenters. The molecule has 1 aliphatic heterocycles. The molecule has 1 aliphatic carbocycles. The second kappa shape index (κ2) is 8.80. The molecule has 0 N–H and O–H groups in total. The largest absolute Gasteiger partial charge is 0.341 e. The molecule has 0 spiro atoms. The summed E-state index contributed by atoms with van der Waals surface area (Å²) in [6, 6.07) is 7.63. The molecule has 1 amide bonds. The fourth-order valence-corrected chi connectivity index (χ4v) is 7.27. The number of carbonyl (C=O) groups is 1. The van der Waals surface area contributed by atoms with E-state index in [1.807, 2.05) is 29.2 Å². The molecule has 1 saturated heterocycles. The molecule has 2 aromatic rings. The predicted molar refractivity (Wildman–Crippen MR) is 124 cm³/mol. The lowest BCUT2D eigenvalue weighted by Crippen LogP contribution is -2.47. The highest BCUT2D eigenvalue weighted by Gasteiger charge is 2.45. The van der Waals surface area contributed by atoms with Gasteiger partial charge >= 0.3 is 0 Å². The Morgan fingerprint density at radius 2 is 1.66 bits per heavy atom. The van der Waals surface area contributed by atoms with Crippen molar-refractivity contribution >= 4 is 27.5 Å². The molecule has 4 rings (SSSR count). The van der Waals surface area contributed by atoms with Gasteiger partial charge in [0.25, 0.3) is 0 Å². The van der Waals surface area contributed by atoms with Gasteiger partial charge < -0.3 is 4.90 Å². The van der Waals surface area contributed by atoms with Crippen LogP contribution in [0, 0.1) is 13.8 Å². The van der Waals surface area contributed by atoms with Crippen molar-refractivity contribution in [1.29, 1.82) is 0 Å². The summed E-state index contributed by atoms with van der Waals surface area (Å²) >= 11 is 6.08. The van der Waals surface area contributed by atoms with Crippen molar-refractivity contribution in [2.45, 2.75) is 56.3 Å². The zero-order chi connectivity index (χ0) is 23.1. The molecule has 32 heavy (non-hydrogen) atoms. The summed E-state index contributed by atoms with van der Waals surface area (Å²) < 4.78 is 29.9. The second-order valence-corrected chi connectivity index (χ2v) is 11.3. The zero-order valence-electron chi connectivity index (χ0n) is 19.0. The van der Waals surface area contributed by atoms with E-state index >= 15 is 0 Å². The first-order chi connectivity index (χ1) is 15.2. The Bertz CT molecular complexity index is 1110. The Kier molecular flexibility index (Phi) is 6.40. The number of aromatic nitrogens is 2. The van der Waals surface area contributed by atoms with E-state index in [-0.39, 0.29) is 10.8 Å². The maximum absolute atomic E-state index is 13.8. The first-order valence-electron chi connectivity index (χ1n) is 11.2. The maximum atomic E-state index is 13.8. The number of amides is 1. The van der Waals surface area contributed by atoms with E-state index in [1.165, 1.54) is 4.31 Å². The number of nitrogens with zero attached hydrogens (tertiary/aromatic N) is 4. The van der Waals surface area contributed by atoms with E-state index in [0.717, 1.165) is 31.2 Å². The van der Waals surface area contributed by atoms with Crippen LogP contribution in [0.15, 0.2) is 29.2 Å². The number of rotatable bonds is 4. The quantitative estimate of drug-likeness (QED) is 0.674. The van der Waals surface area contributed by atoms with Crippen molar-refractivity contribution in [2.75, 3.05) is 26.2 Å². The van der Waals surface area contributed by atoms with E-state index < -0.39 is 15.4 Å². The highest BCUT2D eigenvalue weighted by molar-refractivity contribution is 7.89. The van der Waals surface area contributed by atoms with Gasteiger partial charge in [0.1, 0.15) is 4.90 Å². The number of carbonyl (C=O) groups excluding carboxylic acids is 1. The second-order valence-electron chi connectivity index (χ2n) is 8.97. The molecule has 2 heterocycles. The van der Waals surface area contributed by atoms with Gasteiger partial charge in [-0.25, -0.2) is 8.42 Å². The highest BCUT2D eigenvalue weighted by Crippen LogP contribution is 2.43. The average molecular weight is 479 g/mol. The van der Waals surface area contributed by atoms with Crippen LogP contribution in [0.25, 0.3) is 0 Å². The molecule has 0 unspecified atom stereocenters. The average Bonchev–Trinajstić information content (AvgIpc) is 3.24. The Labute approximate surface area is 195 Å². The third kappa shape index (κ3) is 3.97.